The molecule has 1 rings (SSSR count). The van der Waals surface area contributed by atoms with E-state index < -0.39 is 5.54 Å². The van der Waals surface area contributed by atoms with Crippen molar-refractivity contribution in [3.63, 3.8) is 0 Å². The molecule has 0 aliphatic carbocycles. The van der Waals surface area contributed by atoms with Gasteiger partial charge in [-0.3, -0.25) is 9.59 Å². The number of methoxy groups -OCH3 is 2. The lowest BCUT2D eigenvalue weighted by Gasteiger charge is -2.34. The predicted molar refractivity (Wildman–Crippen MR) is 75.3 cm³/mol. The van der Waals surface area contributed by atoms with Crippen LogP contribution in [0.4, 0.5) is 0 Å². The third-order valence-corrected chi connectivity index (χ3v) is 4.00. The SMILES string of the molecule is CCC1(CC)NC(=O)CCN(CC(COC)OC)C1=O. The zero-order valence-corrected chi connectivity index (χ0v) is 12.9. The molecule has 20 heavy (non-hydrogen) atoms. The minimum atomic E-state index is -0.779. The molecule has 6 nitrogen and oxygen atoms in total. The summed E-state index contributed by atoms with van der Waals surface area (Å²) in [6.45, 7) is 5.14. The molecular weight excluding hydrogens is 260 g/mol. The van der Waals surface area contributed by atoms with Gasteiger partial charge >= 0.3 is 0 Å². The minimum absolute atomic E-state index is 0.0218. The Balaban J connectivity index is 2.89. The van der Waals surface area contributed by atoms with Crippen molar-refractivity contribution in [1.82, 2.24) is 10.2 Å². The van der Waals surface area contributed by atoms with Crippen molar-refractivity contribution in [2.75, 3.05) is 33.9 Å². The highest BCUT2D eigenvalue weighted by Crippen LogP contribution is 2.22. The van der Waals surface area contributed by atoms with Crippen LogP contribution in [0.15, 0.2) is 0 Å². The summed E-state index contributed by atoms with van der Waals surface area (Å²) in [6.07, 6.45) is 1.33. The van der Waals surface area contributed by atoms with E-state index in [0.29, 0.717) is 39.0 Å². The van der Waals surface area contributed by atoms with Gasteiger partial charge < -0.3 is 19.7 Å². The number of hydrogen-bond acceptors (Lipinski definition) is 4. The van der Waals surface area contributed by atoms with Crippen molar-refractivity contribution in [3.8, 4) is 0 Å². The van der Waals surface area contributed by atoms with Gasteiger partial charge in [0.25, 0.3) is 0 Å². The molecule has 1 heterocycles. The first kappa shape index (κ1) is 16.9. The van der Waals surface area contributed by atoms with Gasteiger partial charge in [-0.25, -0.2) is 0 Å². The molecule has 0 aromatic heterocycles. The van der Waals surface area contributed by atoms with E-state index in [0.717, 1.165) is 0 Å². The number of amides is 2. The van der Waals surface area contributed by atoms with E-state index in [1.165, 1.54) is 0 Å². The summed E-state index contributed by atoms with van der Waals surface area (Å²) < 4.78 is 10.4. The second kappa shape index (κ2) is 7.59. The Morgan fingerprint density at radius 2 is 1.95 bits per heavy atom. The number of hydrogen-bond donors (Lipinski definition) is 1. The van der Waals surface area contributed by atoms with Gasteiger partial charge in [0.2, 0.25) is 11.8 Å². The summed E-state index contributed by atoms with van der Waals surface area (Å²) in [4.78, 5) is 26.3. The van der Waals surface area contributed by atoms with E-state index in [2.05, 4.69) is 5.32 Å². The zero-order chi connectivity index (χ0) is 15.2. The first-order valence-corrected chi connectivity index (χ1v) is 7.15. The van der Waals surface area contributed by atoms with Gasteiger partial charge in [0.05, 0.1) is 12.7 Å². The molecule has 1 saturated heterocycles. The standard InChI is InChI=1S/C14H26N2O4/c1-5-14(6-2)13(18)16(8-7-12(17)15-14)9-11(20-4)10-19-3/h11H,5-10H2,1-4H3,(H,15,17). The van der Waals surface area contributed by atoms with Crippen LogP contribution >= 0.6 is 0 Å². The Bertz CT molecular complexity index is 342. The Labute approximate surface area is 120 Å². The molecule has 1 aliphatic rings. The lowest BCUT2D eigenvalue weighted by molar-refractivity contribution is -0.141. The number of carbonyl (C=O) groups excluding carboxylic acids is 2. The van der Waals surface area contributed by atoms with Crippen LogP contribution in [0.2, 0.25) is 0 Å². The Hall–Kier alpha value is -1.14. The maximum atomic E-state index is 12.7. The van der Waals surface area contributed by atoms with Crippen molar-refractivity contribution in [2.24, 2.45) is 0 Å². The summed E-state index contributed by atoms with van der Waals surface area (Å²) in [5, 5.41) is 2.89. The molecule has 1 fully saturated rings. The van der Waals surface area contributed by atoms with E-state index >= 15 is 0 Å². The topological polar surface area (TPSA) is 67.9 Å². The van der Waals surface area contributed by atoms with E-state index in [-0.39, 0.29) is 17.9 Å². The molecule has 1 unspecified atom stereocenters. The van der Waals surface area contributed by atoms with Crippen LogP contribution in [0.25, 0.3) is 0 Å². The van der Waals surface area contributed by atoms with Gasteiger partial charge in [0, 0.05) is 33.7 Å². The number of nitrogens with one attached hydrogen (secondary N) is 1. The lowest BCUT2D eigenvalue weighted by Crippen LogP contribution is -2.57. The fourth-order valence-electron chi connectivity index (χ4n) is 2.55. The van der Waals surface area contributed by atoms with E-state index in [4.69, 9.17) is 9.47 Å². The van der Waals surface area contributed by atoms with E-state index in [9.17, 15) is 9.59 Å². The quantitative estimate of drug-likeness (QED) is 0.742. The molecule has 0 aromatic rings. The average Bonchev–Trinajstić information content (AvgIpc) is 2.58. The Kier molecular flexibility index (Phi) is 6.42. The molecule has 0 radical (unpaired) electrons. The summed E-state index contributed by atoms with van der Waals surface area (Å²) in [7, 11) is 3.20. The summed E-state index contributed by atoms with van der Waals surface area (Å²) in [5.74, 6) is -0.0863. The maximum Gasteiger partial charge on any atom is 0.248 e. The van der Waals surface area contributed by atoms with Crippen molar-refractivity contribution in [3.05, 3.63) is 0 Å². The van der Waals surface area contributed by atoms with Gasteiger partial charge in [0.1, 0.15) is 5.54 Å². The number of nitrogens with zero attached hydrogens (tertiary/aromatic N) is 1. The van der Waals surface area contributed by atoms with Gasteiger partial charge in [0.15, 0.2) is 0 Å². The molecule has 1 aliphatic heterocycles. The minimum Gasteiger partial charge on any atom is -0.382 e. The molecule has 0 spiro atoms. The van der Waals surface area contributed by atoms with Crippen molar-refractivity contribution in [1.29, 1.82) is 0 Å². The van der Waals surface area contributed by atoms with Crippen molar-refractivity contribution >= 4 is 11.8 Å². The highest BCUT2D eigenvalue weighted by molar-refractivity contribution is 5.93. The number of ether oxygens (including phenoxy) is 2. The fraction of sp³-hybridized carbons (Fsp3) is 0.857. The summed E-state index contributed by atoms with van der Waals surface area (Å²) in [6, 6.07) is 0. The zero-order valence-electron chi connectivity index (χ0n) is 12.9. The molecule has 0 bridgehead atoms. The molecule has 2 amide bonds. The molecule has 0 aromatic carbocycles. The molecule has 6 heteroatoms. The highest BCUT2D eigenvalue weighted by Gasteiger charge is 2.42. The van der Waals surface area contributed by atoms with Crippen molar-refractivity contribution in [2.45, 2.75) is 44.8 Å². The van der Waals surface area contributed by atoms with Crippen LogP contribution in [0.1, 0.15) is 33.1 Å². The second-order valence-electron chi connectivity index (χ2n) is 5.15. The lowest BCUT2D eigenvalue weighted by atomic mass is 9.91. The van der Waals surface area contributed by atoms with Crippen LogP contribution in [0.3, 0.4) is 0 Å². The van der Waals surface area contributed by atoms with E-state index in [1.54, 1.807) is 19.1 Å². The first-order valence-electron chi connectivity index (χ1n) is 7.15. The molecule has 1 N–H and O–H groups in total. The number of carbonyl (C=O) groups is 2. The van der Waals surface area contributed by atoms with Gasteiger partial charge in [-0.1, -0.05) is 13.8 Å². The number of rotatable bonds is 7. The monoisotopic (exact) mass is 286 g/mol. The molecule has 116 valence electrons. The molecule has 1 atom stereocenters. The van der Waals surface area contributed by atoms with Gasteiger partial charge in [-0.15, -0.1) is 0 Å². The third kappa shape index (κ3) is 3.70. The Morgan fingerprint density at radius 3 is 2.45 bits per heavy atom. The van der Waals surface area contributed by atoms with Crippen LogP contribution in [0.5, 0.6) is 0 Å². The predicted octanol–water partition coefficient (Wildman–Crippen LogP) is 0.555. The third-order valence-electron chi connectivity index (χ3n) is 4.00. The largest absolute Gasteiger partial charge is 0.382 e. The maximum absolute atomic E-state index is 12.7. The average molecular weight is 286 g/mol. The smallest absolute Gasteiger partial charge is 0.248 e. The highest BCUT2D eigenvalue weighted by atomic mass is 16.5. The Morgan fingerprint density at radius 1 is 1.30 bits per heavy atom. The van der Waals surface area contributed by atoms with Gasteiger partial charge in [-0.05, 0) is 12.8 Å². The van der Waals surface area contributed by atoms with Gasteiger partial charge in [-0.2, -0.15) is 0 Å². The fourth-order valence-corrected chi connectivity index (χ4v) is 2.55. The summed E-state index contributed by atoms with van der Waals surface area (Å²) >= 11 is 0. The molecular formula is C14H26N2O4. The van der Waals surface area contributed by atoms with Crippen LogP contribution in [-0.2, 0) is 19.1 Å². The summed E-state index contributed by atoms with van der Waals surface area (Å²) in [5.41, 5.74) is -0.779. The normalized spacial score (nSPS) is 20.5. The van der Waals surface area contributed by atoms with Crippen LogP contribution < -0.4 is 5.32 Å². The first-order chi connectivity index (χ1) is 9.52. The van der Waals surface area contributed by atoms with Crippen molar-refractivity contribution < 1.29 is 19.1 Å². The second-order valence-corrected chi connectivity index (χ2v) is 5.15. The van der Waals surface area contributed by atoms with Crippen LogP contribution in [0, 0.1) is 0 Å². The van der Waals surface area contributed by atoms with E-state index in [1.807, 2.05) is 13.8 Å². The van der Waals surface area contributed by atoms with Crippen LogP contribution in [-0.4, -0.2) is 62.3 Å². The molecule has 0 saturated carbocycles.